The van der Waals surface area contributed by atoms with Crippen molar-refractivity contribution < 1.29 is 9.53 Å². The second kappa shape index (κ2) is 6.68. The lowest BCUT2D eigenvalue weighted by molar-refractivity contribution is -0.130. The van der Waals surface area contributed by atoms with Crippen LogP contribution in [-0.4, -0.2) is 19.1 Å². The average molecular weight is 267 g/mol. The van der Waals surface area contributed by atoms with Gasteiger partial charge in [-0.25, -0.2) is 4.79 Å². The number of nitrogens with one attached hydrogen (secondary N) is 1. The molecule has 0 saturated carbocycles. The normalized spacial score (nSPS) is 10.2. The fourth-order valence-electron chi connectivity index (χ4n) is 1.85. The van der Waals surface area contributed by atoms with E-state index in [-0.39, 0.29) is 0 Å². The monoisotopic (exact) mass is 267 g/mol. The van der Waals surface area contributed by atoms with E-state index in [1.165, 1.54) is 0 Å². The van der Waals surface area contributed by atoms with Crippen LogP contribution >= 0.6 is 0 Å². The molecule has 0 bridgehead atoms. The maximum Gasteiger partial charge on any atom is 0.340 e. The summed E-state index contributed by atoms with van der Waals surface area (Å²) in [4.78, 5) is 12.0. The highest BCUT2D eigenvalue weighted by atomic mass is 16.5. The van der Waals surface area contributed by atoms with E-state index < -0.39 is 5.97 Å². The van der Waals surface area contributed by atoms with Gasteiger partial charge in [0, 0.05) is 24.0 Å². The van der Waals surface area contributed by atoms with Crippen molar-refractivity contribution in [2.45, 2.75) is 0 Å². The van der Waals surface area contributed by atoms with Crippen LogP contribution in [0.1, 0.15) is 0 Å². The van der Waals surface area contributed by atoms with Crippen molar-refractivity contribution in [3.8, 4) is 5.75 Å². The molecule has 3 nitrogen and oxygen atoms in total. The molecule has 0 fully saturated rings. The molecule has 0 saturated heterocycles. The number of carbonyl (C=O) groups excluding carboxylic acids is 1. The van der Waals surface area contributed by atoms with Crippen molar-refractivity contribution in [2.24, 2.45) is 0 Å². The minimum atomic E-state index is -0.419. The molecule has 0 aliphatic heterocycles. The SMILES string of the molecule is C=CCNCC(=C)C(=O)Oc1cccc2ccccc12. The van der Waals surface area contributed by atoms with Crippen LogP contribution in [0.4, 0.5) is 0 Å². The van der Waals surface area contributed by atoms with Crippen LogP contribution < -0.4 is 10.1 Å². The molecular formula is C17H17NO2. The van der Waals surface area contributed by atoms with Crippen molar-refractivity contribution in [3.05, 3.63) is 67.3 Å². The zero-order chi connectivity index (χ0) is 14.4. The minimum Gasteiger partial charge on any atom is -0.422 e. The van der Waals surface area contributed by atoms with Gasteiger partial charge >= 0.3 is 5.97 Å². The van der Waals surface area contributed by atoms with Gasteiger partial charge in [-0.15, -0.1) is 6.58 Å². The summed E-state index contributed by atoms with van der Waals surface area (Å²) in [6.45, 7) is 8.34. The smallest absolute Gasteiger partial charge is 0.340 e. The maximum absolute atomic E-state index is 12.0. The van der Waals surface area contributed by atoms with Gasteiger partial charge in [0.1, 0.15) is 5.75 Å². The van der Waals surface area contributed by atoms with Gasteiger partial charge < -0.3 is 10.1 Å². The molecule has 0 spiro atoms. The highest BCUT2D eigenvalue weighted by Gasteiger charge is 2.11. The molecule has 0 atom stereocenters. The maximum atomic E-state index is 12.0. The second-order valence-corrected chi connectivity index (χ2v) is 4.39. The summed E-state index contributed by atoms with van der Waals surface area (Å²) in [5, 5.41) is 4.97. The highest BCUT2D eigenvalue weighted by molar-refractivity contribution is 5.94. The van der Waals surface area contributed by atoms with E-state index in [9.17, 15) is 4.79 Å². The van der Waals surface area contributed by atoms with E-state index in [0.29, 0.717) is 24.4 Å². The standard InChI is InChI=1S/C17H17NO2/c1-3-11-18-12-13(2)17(19)20-16-10-6-8-14-7-4-5-9-15(14)16/h3-10,18H,1-2,11-12H2. The van der Waals surface area contributed by atoms with Crippen molar-refractivity contribution in [1.82, 2.24) is 5.32 Å². The fraction of sp³-hybridized carbons (Fsp3) is 0.118. The zero-order valence-electron chi connectivity index (χ0n) is 11.3. The molecule has 2 aromatic rings. The van der Waals surface area contributed by atoms with Crippen LogP contribution in [0.5, 0.6) is 5.75 Å². The first kappa shape index (κ1) is 14.0. The number of hydrogen-bond donors (Lipinski definition) is 1. The van der Waals surface area contributed by atoms with Crippen molar-refractivity contribution >= 4 is 16.7 Å². The topological polar surface area (TPSA) is 38.3 Å². The Morgan fingerprint density at radius 1 is 1.20 bits per heavy atom. The van der Waals surface area contributed by atoms with Gasteiger partial charge in [-0.2, -0.15) is 0 Å². The molecule has 0 radical (unpaired) electrons. The van der Waals surface area contributed by atoms with Crippen LogP contribution in [0, 0.1) is 0 Å². The van der Waals surface area contributed by atoms with Crippen molar-refractivity contribution in [1.29, 1.82) is 0 Å². The average Bonchev–Trinajstić information content (AvgIpc) is 2.47. The molecule has 2 aromatic carbocycles. The van der Waals surface area contributed by atoms with Gasteiger partial charge in [-0.05, 0) is 11.5 Å². The molecule has 0 aromatic heterocycles. The number of benzene rings is 2. The molecule has 1 N–H and O–H groups in total. The van der Waals surface area contributed by atoms with Crippen LogP contribution in [0.15, 0.2) is 67.3 Å². The van der Waals surface area contributed by atoms with E-state index in [0.717, 1.165) is 10.8 Å². The molecule has 0 heterocycles. The van der Waals surface area contributed by atoms with E-state index in [2.05, 4.69) is 18.5 Å². The largest absolute Gasteiger partial charge is 0.422 e. The van der Waals surface area contributed by atoms with Crippen LogP contribution in [0.2, 0.25) is 0 Å². The van der Waals surface area contributed by atoms with Gasteiger partial charge in [0.05, 0.1) is 0 Å². The molecular weight excluding hydrogens is 250 g/mol. The van der Waals surface area contributed by atoms with E-state index in [1.54, 1.807) is 12.1 Å². The molecule has 0 aliphatic carbocycles. The van der Waals surface area contributed by atoms with Gasteiger partial charge in [0.15, 0.2) is 0 Å². The van der Waals surface area contributed by atoms with Crippen LogP contribution in [-0.2, 0) is 4.79 Å². The molecule has 2 rings (SSSR count). The van der Waals surface area contributed by atoms with Gasteiger partial charge in [-0.1, -0.05) is 49.1 Å². The predicted molar refractivity (Wildman–Crippen MR) is 81.8 cm³/mol. The highest BCUT2D eigenvalue weighted by Crippen LogP contribution is 2.25. The lowest BCUT2D eigenvalue weighted by Gasteiger charge is -2.09. The number of hydrogen-bond acceptors (Lipinski definition) is 3. The Kier molecular flexibility index (Phi) is 4.69. The van der Waals surface area contributed by atoms with Crippen molar-refractivity contribution in [2.75, 3.05) is 13.1 Å². The predicted octanol–water partition coefficient (Wildman–Crippen LogP) is 3.08. The van der Waals surface area contributed by atoms with Crippen LogP contribution in [0.3, 0.4) is 0 Å². The molecule has 3 heteroatoms. The molecule has 0 unspecified atom stereocenters. The van der Waals surface area contributed by atoms with Gasteiger partial charge in [0.25, 0.3) is 0 Å². The van der Waals surface area contributed by atoms with Gasteiger partial charge in [-0.3, -0.25) is 0 Å². The Bertz CT molecular complexity index is 641. The van der Waals surface area contributed by atoms with E-state index >= 15 is 0 Å². The molecule has 102 valence electrons. The number of ether oxygens (including phenoxy) is 1. The lowest BCUT2D eigenvalue weighted by Crippen LogP contribution is -2.23. The Labute approximate surface area is 118 Å². The Balaban J connectivity index is 2.10. The first-order valence-corrected chi connectivity index (χ1v) is 6.41. The Morgan fingerprint density at radius 3 is 2.75 bits per heavy atom. The molecule has 0 aliphatic rings. The number of carbonyl (C=O) groups is 1. The first-order valence-electron chi connectivity index (χ1n) is 6.41. The summed E-state index contributed by atoms with van der Waals surface area (Å²) >= 11 is 0. The summed E-state index contributed by atoms with van der Waals surface area (Å²) in [6, 6.07) is 13.4. The fourth-order valence-corrected chi connectivity index (χ4v) is 1.85. The van der Waals surface area contributed by atoms with E-state index in [1.807, 2.05) is 36.4 Å². The Hall–Kier alpha value is -2.39. The Morgan fingerprint density at radius 2 is 1.95 bits per heavy atom. The third-order valence-electron chi connectivity index (χ3n) is 2.87. The summed E-state index contributed by atoms with van der Waals surface area (Å²) in [7, 11) is 0. The van der Waals surface area contributed by atoms with E-state index in [4.69, 9.17) is 4.74 Å². The third-order valence-corrected chi connectivity index (χ3v) is 2.87. The van der Waals surface area contributed by atoms with Crippen LogP contribution in [0.25, 0.3) is 10.8 Å². The molecule has 20 heavy (non-hydrogen) atoms. The quantitative estimate of drug-likeness (QED) is 0.287. The summed E-state index contributed by atoms with van der Waals surface area (Å²) in [5.41, 5.74) is 0.389. The summed E-state index contributed by atoms with van der Waals surface area (Å²) < 4.78 is 5.42. The third kappa shape index (κ3) is 3.33. The van der Waals surface area contributed by atoms with Gasteiger partial charge in [0.2, 0.25) is 0 Å². The lowest BCUT2D eigenvalue weighted by atomic mass is 10.1. The minimum absolute atomic E-state index is 0.385. The number of esters is 1. The first-order chi connectivity index (χ1) is 9.72. The molecule has 0 amide bonds. The number of fused-ring (bicyclic) bond motifs is 1. The summed E-state index contributed by atoms with van der Waals surface area (Å²) in [6.07, 6.45) is 1.73. The number of rotatable bonds is 6. The van der Waals surface area contributed by atoms with Crippen molar-refractivity contribution in [3.63, 3.8) is 0 Å². The zero-order valence-corrected chi connectivity index (χ0v) is 11.3. The summed E-state index contributed by atoms with van der Waals surface area (Å²) in [5.74, 6) is 0.135. The second-order valence-electron chi connectivity index (χ2n) is 4.39.